The number of unbranched alkanes of at least 4 members (excludes halogenated alkanes) is 1. The molecular formula is C11H24N2O. The Bertz CT molecular complexity index is 152. The summed E-state index contributed by atoms with van der Waals surface area (Å²) >= 11 is 0. The number of nitrogens with zero attached hydrogens (tertiary/aromatic N) is 1. The fourth-order valence-electron chi connectivity index (χ4n) is 2.21. The number of piperidine rings is 1. The van der Waals surface area contributed by atoms with Gasteiger partial charge in [-0.2, -0.15) is 0 Å². The van der Waals surface area contributed by atoms with Crippen LogP contribution in [0.5, 0.6) is 0 Å². The monoisotopic (exact) mass is 200 g/mol. The van der Waals surface area contributed by atoms with Gasteiger partial charge < -0.3 is 15.7 Å². The normalized spacial score (nSPS) is 29.4. The smallest absolute Gasteiger partial charge is 0.0431 e. The molecule has 2 unspecified atom stereocenters. The van der Waals surface area contributed by atoms with Crippen molar-refractivity contribution < 1.29 is 5.11 Å². The van der Waals surface area contributed by atoms with Crippen LogP contribution in [0.15, 0.2) is 0 Å². The second-order valence-electron chi connectivity index (χ2n) is 4.35. The highest BCUT2D eigenvalue weighted by Gasteiger charge is 2.24. The van der Waals surface area contributed by atoms with Gasteiger partial charge in [0.05, 0.1) is 0 Å². The first-order chi connectivity index (χ1) is 6.77. The van der Waals surface area contributed by atoms with E-state index in [-0.39, 0.29) is 0 Å². The highest BCUT2D eigenvalue weighted by molar-refractivity contribution is 4.81. The van der Waals surface area contributed by atoms with Crippen LogP contribution in [0.2, 0.25) is 0 Å². The Morgan fingerprint density at radius 3 is 2.86 bits per heavy atom. The zero-order chi connectivity index (χ0) is 10.4. The molecule has 3 heteroatoms. The number of hydrogen-bond donors (Lipinski definition) is 2. The van der Waals surface area contributed by atoms with Crippen LogP contribution in [0.4, 0.5) is 0 Å². The standard InChI is InChI=1S/C11H24N2O/c1-2-10-9-13(6-3-4-8-14)7-5-11(10)12/h10-11,14H,2-9,12H2,1H3. The predicted octanol–water partition coefficient (Wildman–Crippen LogP) is 0.818. The van der Waals surface area contributed by atoms with Crippen molar-refractivity contribution in [3.63, 3.8) is 0 Å². The summed E-state index contributed by atoms with van der Waals surface area (Å²) in [6.07, 6.45) is 4.37. The summed E-state index contributed by atoms with van der Waals surface area (Å²) in [6, 6.07) is 0.411. The second kappa shape index (κ2) is 6.38. The lowest BCUT2D eigenvalue weighted by Crippen LogP contribution is -2.47. The van der Waals surface area contributed by atoms with E-state index in [0.29, 0.717) is 18.6 Å². The molecule has 1 fully saturated rings. The van der Waals surface area contributed by atoms with Crippen molar-refractivity contribution >= 4 is 0 Å². The Morgan fingerprint density at radius 2 is 2.21 bits per heavy atom. The summed E-state index contributed by atoms with van der Waals surface area (Å²) in [7, 11) is 0. The fourth-order valence-corrected chi connectivity index (χ4v) is 2.21. The van der Waals surface area contributed by atoms with Gasteiger partial charge >= 0.3 is 0 Å². The molecule has 0 bridgehead atoms. The molecule has 0 aliphatic carbocycles. The van der Waals surface area contributed by atoms with Gasteiger partial charge in [0.1, 0.15) is 0 Å². The molecule has 1 heterocycles. The molecule has 1 rings (SSSR count). The van der Waals surface area contributed by atoms with E-state index in [1.807, 2.05) is 0 Å². The van der Waals surface area contributed by atoms with E-state index in [0.717, 1.165) is 38.9 Å². The van der Waals surface area contributed by atoms with Crippen LogP contribution >= 0.6 is 0 Å². The van der Waals surface area contributed by atoms with Gasteiger partial charge in [0.2, 0.25) is 0 Å². The summed E-state index contributed by atoms with van der Waals surface area (Å²) in [5, 5.41) is 8.70. The van der Waals surface area contributed by atoms with E-state index < -0.39 is 0 Å². The second-order valence-corrected chi connectivity index (χ2v) is 4.35. The van der Waals surface area contributed by atoms with Crippen LogP contribution in [0.1, 0.15) is 32.6 Å². The largest absolute Gasteiger partial charge is 0.396 e. The first-order valence-electron chi connectivity index (χ1n) is 5.86. The quantitative estimate of drug-likeness (QED) is 0.646. The highest BCUT2D eigenvalue weighted by Crippen LogP contribution is 2.18. The van der Waals surface area contributed by atoms with E-state index in [1.165, 1.54) is 6.42 Å². The van der Waals surface area contributed by atoms with E-state index in [4.69, 9.17) is 10.8 Å². The van der Waals surface area contributed by atoms with Crippen LogP contribution in [0.25, 0.3) is 0 Å². The molecule has 2 atom stereocenters. The van der Waals surface area contributed by atoms with Gasteiger partial charge in [-0.25, -0.2) is 0 Å². The van der Waals surface area contributed by atoms with Crippen molar-refractivity contribution in [1.29, 1.82) is 0 Å². The molecule has 0 aromatic carbocycles. The molecule has 1 aliphatic heterocycles. The van der Waals surface area contributed by atoms with Gasteiger partial charge in [-0.1, -0.05) is 13.3 Å². The predicted molar refractivity (Wildman–Crippen MR) is 59.1 cm³/mol. The number of hydrogen-bond acceptors (Lipinski definition) is 3. The van der Waals surface area contributed by atoms with Gasteiger partial charge in [0.15, 0.2) is 0 Å². The maximum Gasteiger partial charge on any atom is 0.0431 e. The van der Waals surface area contributed by atoms with Crippen LogP contribution in [0, 0.1) is 5.92 Å². The summed E-state index contributed by atoms with van der Waals surface area (Å²) in [5.41, 5.74) is 6.04. The summed E-state index contributed by atoms with van der Waals surface area (Å²) in [6.45, 7) is 5.97. The average Bonchev–Trinajstić information content (AvgIpc) is 2.21. The summed E-state index contributed by atoms with van der Waals surface area (Å²) < 4.78 is 0. The third kappa shape index (κ3) is 3.56. The van der Waals surface area contributed by atoms with Crippen LogP contribution in [-0.4, -0.2) is 42.3 Å². The van der Waals surface area contributed by atoms with Crippen molar-refractivity contribution in [2.24, 2.45) is 11.7 Å². The molecule has 84 valence electrons. The van der Waals surface area contributed by atoms with E-state index in [1.54, 1.807) is 0 Å². The third-order valence-electron chi connectivity index (χ3n) is 3.28. The molecule has 0 amide bonds. The fraction of sp³-hybridized carbons (Fsp3) is 1.00. The van der Waals surface area contributed by atoms with Gasteiger partial charge in [-0.05, 0) is 38.3 Å². The summed E-state index contributed by atoms with van der Waals surface area (Å²) in [4.78, 5) is 2.49. The Hall–Kier alpha value is -0.120. The molecule has 14 heavy (non-hydrogen) atoms. The number of nitrogens with two attached hydrogens (primary N) is 1. The molecule has 0 aromatic heterocycles. The molecular weight excluding hydrogens is 176 g/mol. The van der Waals surface area contributed by atoms with Gasteiger partial charge in [0, 0.05) is 19.2 Å². The lowest BCUT2D eigenvalue weighted by molar-refractivity contribution is 0.146. The first-order valence-corrected chi connectivity index (χ1v) is 5.86. The third-order valence-corrected chi connectivity index (χ3v) is 3.28. The molecule has 0 saturated carbocycles. The van der Waals surface area contributed by atoms with Gasteiger partial charge in [0.25, 0.3) is 0 Å². The van der Waals surface area contributed by atoms with Crippen molar-refractivity contribution in [3.8, 4) is 0 Å². The molecule has 0 radical (unpaired) electrons. The van der Waals surface area contributed by atoms with Crippen molar-refractivity contribution in [2.75, 3.05) is 26.2 Å². The Morgan fingerprint density at radius 1 is 1.43 bits per heavy atom. The topological polar surface area (TPSA) is 49.5 Å². The summed E-state index contributed by atoms with van der Waals surface area (Å²) in [5.74, 6) is 0.679. The molecule has 1 aliphatic rings. The minimum absolute atomic E-state index is 0.324. The van der Waals surface area contributed by atoms with Crippen molar-refractivity contribution in [1.82, 2.24) is 4.90 Å². The maximum absolute atomic E-state index is 8.70. The highest BCUT2D eigenvalue weighted by atomic mass is 16.2. The van der Waals surface area contributed by atoms with Gasteiger partial charge in [-0.3, -0.25) is 0 Å². The Balaban J connectivity index is 2.21. The SMILES string of the molecule is CCC1CN(CCCCO)CCC1N. The van der Waals surface area contributed by atoms with Gasteiger partial charge in [-0.15, -0.1) is 0 Å². The molecule has 0 aromatic rings. The number of likely N-dealkylation sites (tertiary alicyclic amines) is 1. The lowest BCUT2D eigenvalue weighted by Gasteiger charge is -2.36. The Kier molecular flexibility index (Phi) is 5.45. The molecule has 3 nitrogen and oxygen atoms in total. The van der Waals surface area contributed by atoms with E-state index >= 15 is 0 Å². The average molecular weight is 200 g/mol. The minimum Gasteiger partial charge on any atom is -0.396 e. The zero-order valence-corrected chi connectivity index (χ0v) is 9.28. The minimum atomic E-state index is 0.324. The van der Waals surface area contributed by atoms with Crippen LogP contribution in [0.3, 0.4) is 0 Å². The molecule has 0 spiro atoms. The molecule has 3 N–H and O–H groups in total. The van der Waals surface area contributed by atoms with E-state index in [9.17, 15) is 0 Å². The van der Waals surface area contributed by atoms with E-state index in [2.05, 4.69) is 11.8 Å². The first kappa shape index (κ1) is 12.0. The van der Waals surface area contributed by atoms with Crippen LogP contribution < -0.4 is 5.73 Å². The number of aliphatic hydroxyl groups is 1. The maximum atomic E-state index is 8.70. The number of aliphatic hydroxyl groups excluding tert-OH is 1. The van der Waals surface area contributed by atoms with Crippen molar-refractivity contribution in [3.05, 3.63) is 0 Å². The Labute approximate surface area is 87.3 Å². The lowest BCUT2D eigenvalue weighted by atomic mass is 9.90. The van der Waals surface area contributed by atoms with Crippen molar-refractivity contribution in [2.45, 2.75) is 38.6 Å². The van der Waals surface area contributed by atoms with Crippen LogP contribution in [-0.2, 0) is 0 Å². The molecule has 1 saturated heterocycles. The number of rotatable bonds is 5. The zero-order valence-electron chi connectivity index (χ0n) is 9.28.